The highest BCUT2D eigenvalue weighted by Gasteiger charge is 2.18. The zero-order chi connectivity index (χ0) is 18.8. The number of nitrogens with zero attached hydrogens (tertiary/aromatic N) is 2. The van der Waals surface area contributed by atoms with E-state index in [0.717, 1.165) is 16.8 Å². The predicted molar refractivity (Wildman–Crippen MR) is 91.6 cm³/mol. The zero-order valence-corrected chi connectivity index (χ0v) is 14.2. The molecular formula is C19H16F2N2O3. The van der Waals surface area contributed by atoms with Crippen LogP contribution in [0.3, 0.4) is 0 Å². The lowest BCUT2D eigenvalue weighted by molar-refractivity contribution is -0.147. The largest absolute Gasteiger partial charge is 0.457 e. The van der Waals surface area contributed by atoms with E-state index in [-0.39, 0.29) is 17.5 Å². The minimum Gasteiger partial charge on any atom is -0.457 e. The summed E-state index contributed by atoms with van der Waals surface area (Å²) in [4.78, 5) is 24.4. The topological polar surface area (TPSA) is 61.2 Å². The number of aromatic nitrogens is 2. The van der Waals surface area contributed by atoms with E-state index in [9.17, 15) is 18.4 Å². The van der Waals surface area contributed by atoms with Crippen LogP contribution >= 0.6 is 0 Å². The number of aryl methyl sites for hydroxylation is 1. The van der Waals surface area contributed by atoms with Crippen molar-refractivity contribution >= 4 is 16.7 Å². The van der Waals surface area contributed by atoms with Crippen molar-refractivity contribution in [1.29, 1.82) is 0 Å². The van der Waals surface area contributed by atoms with Crippen molar-refractivity contribution < 1.29 is 18.3 Å². The van der Waals surface area contributed by atoms with Crippen LogP contribution in [0.15, 0.2) is 47.3 Å². The Balaban J connectivity index is 1.83. The van der Waals surface area contributed by atoms with Crippen molar-refractivity contribution in [3.05, 3.63) is 75.7 Å². The average molecular weight is 358 g/mol. The Morgan fingerprint density at radius 3 is 2.58 bits per heavy atom. The van der Waals surface area contributed by atoms with Crippen molar-refractivity contribution in [2.75, 3.05) is 0 Å². The highest BCUT2D eigenvalue weighted by Crippen LogP contribution is 2.22. The van der Waals surface area contributed by atoms with Gasteiger partial charge in [-0.05, 0) is 25.1 Å². The van der Waals surface area contributed by atoms with Gasteiger partial charge in [-0.2, -0.15) is 5.10 Å². The second kappa shape index (κ2) is 7.03. The van der Waals surface area contributed by atoms with Gasteiger partial charge in [0.05, 0.1) is 17.5 Å². The number of carbonyl (C=O) groups is 1. The molecule has 1 aromatic heterocycles. The quantitative estimate of drug-likeness (QED) is 0.673. The minimum absolute atomic E-state index is 0.0815. The second-order valence-corrected chi connectivity index (χ2v) is 5.90. The maximum atomic E-state index is 13.8. The van der Waals surface area contributed by atoms with E-state index in [2.05, 4.69) is 5.10 Å². The molecule has 0 amide bonds. The molecule has 7 heteroatoms. The van der Waals surface area contributed by atoms with Crippen LogP contribution in [-0.4, -0.2) is 15.7 Å². The van der Waals surface area contributed by atoms with Gasteiger partial charge in [0.1, 0.15) is 17.7 Å². The Labute approximate surface area is 147 Å². The molecule has 3 aromatic rings. The van der Waals surface area contributed by atoms with Crippen molar-refractivity contribution in [2.45, 2.75) is 19.4 Å². The summed E-state index contributed by atoms with van der Waals surface area (Å²) >= 11 is 0. The van der Waals surface area contributed by atoms with Crippen molar-refractivity contribution in [2.24, 2.45) is 7.05 Å². The molecule has 0 aliphatic heterocycles. The summed E-state index contributed by atoms with van der Waals surface area (Å²) in [5.41, 5.74) is 0.206. The SMILES string of the molecule is CC(OC(=O)Cc1nn(C)c(=O)c2ccccc12)c1ccc(F)cc1F. The lowest BCUT2D eigenvalue weighted by Gasteiger charge is -2.15. The summed E-state index contributed by atoms with van der Waals surface area (Å²) in [5.74, 6) is -2.11. The van der Waals surface area contributed by atoms with Gasteiger partial charge >= 0.3 is 5.97 Å². The number of ether oxygens (including phenoxy) is 1. The number of esters is 1. The Morgan fingerprint density at radius 1 is 1.19 bits per heavy atom. The Kier molecular flexibility index (Phi) is 4.79. The molecule has 0 saturated heterocycles. The molecule has 3 rings (SSSR count). The number of fused-ring (bicyclic) bond motifs is 1. The zero-order valence-electron chi connectivity index (χ0n) is 14.2. The van der Waals surface area contributed by atoms with Crippen LogP contribution in [0.4, 0.5) is 8.78 Å². The highest BCUT2D eigenvalue weighted by molar-refractivity contribution is 5.86. The first-order chi connectivity index (χ1) is 12.4. The van der Waals surface area contributed by atoms with Gasteiger partial charge in [-0.3, -0.25) is 9.59 Å². The fraction of sp³-hybridized carbons (Fsp3) is 0.211. The lowest BCUT2D eigenvalue weighted by atomic mass is 10.1. The molecule has 1 heterocycles. The average Bonchev–Trinajstić information content (AvgIpc) is 2.59. The van der Waals surface area contributed by atoms with Crippen LogP contribution in [0.5, 0.6) is 0 Å². The molecule has 0 aliphatic carbocycles. The standard InChI is InChI=1S/C19H16F2N2O3/c1-11(13-8-7-12(20)9-16(13)21)26-18(24)10-17-14-5-3-4-6-15(14)19(25)23(2)22-17/h3-9,11H,10H2,1-2H3. The van der Waals surface area contributed by atoms with Gasteiger partial charge in [-0.15, -0.1) is 0 Å². The molecule has 0 aliphatic rings. The monoisotopic (exact) mass is 358 g/mol. The first kappa shape index (κ1) is 17.7. The summed E-state index contributed by atoms with van der Waals surface area (Å²) in [5, 5.41) is 5.14. The van der Waals surface area contributed by atoms with E-state index in [4.69, 9.17) is 4.74 Å². The summed E-state index contributed by atoms with van der Waals surface area (Å²) in [6.07, 6.45) is -1.07. The van der Waals surface area contributed by atoms with E-state index in [1.54, 1.807) is 24.3 Å². The third-order valence-corrected chi connectivity index (χ3v) is 4.05. The summed E-state index contributed by atoms with van der Waals surface area (Å²) in [6, 6.07) is 9.91. The third kappa shape index (κ3) is 3.46. The number of hydrogen-bond acceptors (Lipinski definition) is 4. The van der Waals surface area contributed by atoms with Crippen LogP contribution in [0, 0.1) is 11.6 Å². The van der Waals surface area contributed by atoms with Gasteiger partial charge < -0.3 is 4.74 Å². The molecule has 2 aromatic carbocycles. The predicted octanol–water partition coefficient (Wildman–Crippen LogP) is 3.06. The number of hydrogen-bond donors (Lipinski definition) is 0. The number of carbonyl (C=O) groups excluding carboxylic acids is 1. The van der Waals surface area contributed by atoms with Gasteiger partial charge in [0.25, 0.3) is 5.56 Å². The molecule has 1 unspecified atom stereocenters. The first-order valence-corrected chi connectivity index (χ1v) is 7.96. The summed E-state index contributed by atoms with van der Waals surface area (Å²) < 4.78 is 33.2. The summed E-state index contributed by atoms with van der Waals surface area (Å²) in [7, 11) is 1.50. The maximum absolute atomic E-state index is 13.8. The van der Waals surface area contributed by atoms with E-state index < -0.39 is 23.7 Å². The normalized spacial score (nSPS) is 12.2. The molecule has 0 N–H and O–H groups in total. The van der Waals surface area contributed by atoms with E-state index in [1.807, 2.05) is 0 Å². The smallest absolute Gasteiger partial charge is 0.312 e. The molecule has 0 radical (unpaired) electrons. The van der Waals surface area contributed by atoms with E-state index >= 15 is 0 Å². The van der Waals surface area contributed by atoms with Crippen LogP contribution in [0.25, 0.3) is 10.8 Å². The third-order valence-electron chi connectivity index (χ3n) is 4.05. The second-order valence-electron chi connectivity index (χ2n) is 5.90. The number of benzene rings is 2. The van der Waals surface area contributed by atoms with Gasteiger partial charge in [0.15, 0.2) is 0 Å². The summed E-state index contributed by atoms with van der Waals surface area (Å²) in [6.45, 7) is 1.50. The molecule has 134 valence electrons. The van der Waals surface area contributed by atoms with Crippen LogP contribution in [-0.2, 0) is 23.0 Å². The Bertz CT molecular complexity index is 1050. The van der Waals surface area contributed by atoms with Crippen molar-refractivity contribution in [3.8, 4) is 0 Å². The number of halogens is 2. The Hall–Kier alpha value is -3.09. The number of rotatable bonds is 4. The van der Waals surface area contributed by atoms with Gasteiger partial charge in [-0.25, -0.2) is 13.5 Å². The molecule has 5 nitrogen and oxygen atoms in total. The minimum atomic E-state index is -0.887. The fourth-order valence-electron chi connectivity index (χ4n) is 2.78. The van der Waals surface area contributed by atoms with Crippen LogP contribution in [0.2, 0.25) is 0 Å². The van der Waals surface area contributed by atoms with E-state index in [1.165, 1.54) is 20.0 Å². The highest BCUT2D eigenvalue weighted by atomic mass is 19.1. The molecule has 0 fully saturated rings. The molecule has 1 atom stereocenters. The molecule has 0 saturated carbocycles. The van der Waals surface area contributed by atoms with Crippen molar-refractivity contribution in [1.82, 2.24) is 9.78 Å². The van der Waals surface area contributed by atoms with Gasteiger partial charge in [0, 0.05) is 24.1 Å². The van der Waals surface area contributed by atoms with Crippen molar-refractivity contribution in [3.63, 3.8) is 0 Å². The molecular weight excluding hydrogens is 342 g/mol. The lowest BCUT2D eigenvalue weighted by Crippen LogP contribution is -2.23. The van der Waals surface area contributed by atoms with Gasteiger partial charge in [-0.1, -0.05) is 18.2 Å². The first-order valence-electron chi connectivity index (χ1n) is 7.96. The maximum Gasteiger partial charge on any atom is 0.312 e. The molecule has 0 bridgehead atoms. The Morgan fingerprint density at radius 2 is 1.88 bits per heavy atom. The van der Waals surface area contributed by atoms with Gasteiger partial charge in [0.2, 0.25) is 0 Å². The van der Waals surface area contributed by atoms with Crippen LogP contribution < -0.4 is 5.56 Å². The van der Waals surface area contributed by atoms with E-state index in [0.29, 0.717) is 16.5 Å². The molecule has 0 spiro atoms. The fourth-order valence-corrected chi connectivity index (χ4v) is 2.78. The van der Waals surface area contributed by atoms with Crippen LogP contribution in [0.1, 0.15) is 24.3 Å². The molecule has 26 heavy (non-hydrogen) atoms.